The number of hydrogen-bond acceptors (Lipinski definition) is 3. The largest absolute Gasteiger partial charge is 0.480 e. The molecule has 0 bridgehead atoms. The molecular formula is C19H26F3NO3. The van der Waals surface area contributed by atoms with Crippen molar-refractivity contribution in [1.82, 2.24) is 5.32 Å². The Morgan fingerprint density at radius 2 is 1.88 bits per heavy atom. The number of unbranched alkanes of at least 4 members (excludes halogenated alkanes) is 1. The van der Waals surface area contributed by atoms with Crippen molar-refractivity contribution in [3.05, 3.63) is 24.3 Å². The summed E-state index contributed by atoms with van der Waals surface area (Å²) in [5.74, 6) is 0.338. The first-order valence-corrected chi connectivity index (χ1v) is 9.09. The van der Waals surface area contributed by atoms with Gasteiger partial charge in [-0.05, 0) is 37.3 Å². The molecule has 1 fully saturated rings. The Kier molecular flexibility index (Phi) is 7.60. The molecule has 0 radical (unpaired) electrons. The van der Waals surface area contributed by atoms with E-state index in [1.54, 1.807) is 12.1 Å². The number of rotatable bonds is 9. The normalized spacial score (nSPS) is 20.0. The van der Waals surface area contributed by atoms with Crippen LogP contribution in [0, 0.1) is 5.92 Å². The monoisotopic (exact) mass is 373 g/mol. The Bertz CT molecular complexity index is 577. The number of carbonyl (C=O) groups excluding carboxylic acids is 1. The van der Waals surface area contributed by atoms with Gasteiger partial charge in [-0.25, -0.2) is 0 Å². The highest BCUT2D eigenvalue weighted by atomic mass is 19.4. The Morgan fingerprint density at radius 1 is 1.19 bits per heavy atom. The van der Waals surface area contributed by atoms with Crippen LogP contribution >= 0.6 is 0 Å². The van der Waals surface area contributed by atoms with Crippen molar-refractivity contribution in [1.29, 1.82) is 0 Å². The molecule has 1 N–H and O–H groups in total. The van der Waals surface area contributed by atoms with E-state index >= 15 is 0 Å². The molecule has 2 unspecified atom stereocenters. The predicted molar refractivity (Wildman–Crippen MR) is 92.3 cm³/mol. The molecule has 1 saturated carbocycles. The quantitative estimate of drug-likeness (QED) is 0.694. The number of carbonyl (C=O) groups is 1. The second-order valence-electron chi connectivity index (χ2n) is 6.65. The third kappa shape index (κ3) is 6.77. The van der Waals surface area contributed by atoms with Gasteiger partial charge in [-0.15, -0.1) is 0 Å². The summed E-state index contributed by atoms with van der Waals surface area (Å²) in [6.45, 7) is 0.499. The zero-order valence-electron chi connectivity index (χ0n) is 15.0. The van der Waals surface area contributed by atoms with E-state index in [1.165, 1.54) is 12.1 Å². The molecule has 0 heterocycles. The maximum Gasteiger partial charge on any atom is 0.422 e. The maximum absolute atomic E-state index is 12.3. The van der Waals surface area contributed by atoms with Crippen molar-refractivity contribution >= 4 is 5.91 Å². The summed E-state index contributed by atoms with van der Waals surface area (Å²) in [6.07, 6.45) is 2.16. The molecule has 0 aliphatic heterocycles. The van der Waals surface area contributed by atoms with Crippen LogP contribution in [0.25, 0.3) is 0 Å². The molecule has 146 valence electrons. The van der Waals surface area contributed by atoms with Gasteiger partial charge in [0.2, 0.25) is 0 Å². The highest BCUT2D eigenvalue weighted by Crippen LogP contribution is 2.30. The molecule has 26 heavy (non-hydrogen) atoms. The first-order valence-electron chi connectivity index (χ1n) is 9.09. The number of para-hydroxylation sites is 2. The fraction of sp³-hybridized carbons (Fsp3) is 0.632. The molecule has 2 rings (SSSR count). The summed E-state index contributed by atoms with van der Waals surface area (Å²) in [6, 6.07) is 6.20. The summed E-state index contributed by atoms with van der Waals surface area (Å²) in [7, 11) is 0. The fourth-order valence-corrected chi connectivity index (χ4v) is 3.28. The van der Waals surface area contributed by atoms with E-state index in [9.17, 15) is 18.0 Å². The van der Waals surface area contributed by atoms with Crippen molar-refractivity contribution in [3.63, 3.8) is 0 Å². The molecule has 1 amide bonds. The van der Waals surface area contributed by atoms with Crippen LogP contribution in [0.1, 0.15) is 45.4 Å². The molecular weight excluding hydrogens is 347 g/mol. The summed E-state index contributed by atoms with van der Waals surface area (Å²) in [5, 5.41) is 3.00. The fourth-order valence-electron chi connectivity index (χ4n) is 3.28. The van der Waals surface area contributed by atoms with Gasteiger partial charge in [-0.3, -0.25) is 4.79 Å². The predicted octanol–water partition coefficient (Wildman–Crippen LogP) is 4.48. The molecule has 7 heteroatoms. The van der Waals surface area contributed by atoms with Crippen LogP contribution in [0.2, 0.25) is 0 Å². The molecule has 1 aliphatic rings. The topological polar surface area (TPSA) is 47.6 Å². The highest BCUT2D eigenvalue weighted by Gasteiger charge is 2.29. The van der Waals surface area contributed by atoms with Gasteiger partial charge >= 0.3 is 6.18 Å². The minimum atomic E-state index is -4.43. The SMILES string of the molecule is CCCCC1CCCC1NC(=O)COc1ccccc1OCC(F)(F)F. The summed E-state index contributed by atoms with van der Waals surface area (Å²) < 4.78 is 47.1. The Hall–Kier alpha value is -1.92. The average Bonchev–Trinajstić information content (AvgIpc) is 3.03. The van der Waals surface area contributed by atoms with Crippen LogP contribution in [0.5, 0.6) is 11.5 Å². The smallest absolute Gasteiger partial charge is 0.422 e. The van der Waals surface area contributed by atoms with Gasteiger partial charge < -0.3 is 14.8 Å². The van der Waals surface area contributed by atoms with Gasteiger partial charge in [0.15, 0.2) is 24.7 Å². The minimum Gasteiger partial charge on any atom is -0.480 e. The lowest BCUT2D eigenvalue weighted by Crippen LogP contribution is -2.40. The zero-order chi connectivity index (χ0) is 19.0. The summed E-state index contributed by atoms with van der Waals surface area (Å²) >= 11 is 0. The number of benzene rings is 1. The van der Waals surface area contributed by atoms with Gasteiger partial charge in [-0.1, -0.05) is 38.3 Å². The van der Waals surface area contributed by atoms with E-state index in [0.29, 0.717) is 5.92 Å². The van der Waals surface area contributed by atoms with E-state index in [4.69, 9.17) is 9.47 Å². The van der Waals surface area contributed by atoms with Crippen LogP contribution in [0.3, 0.4) is 0 Å². The van der Waals surface area contributed by atoms with E-state index in [1.807, 2.05) is 0 Å². The standard InChI is InChI=1S/C19H26F3NO3/c1-2-3-7-14-8-6-9-15(14)23-18(24)12-25-16-10-4-5-11-17(16)26-13-19(20,21)22/h4-5,10-11,14-15H,2-3,6-9,12-13H2,1H3,(H,23,24). The zero-order valence-corrected chi connectivity index (χ0v) is 15.0. The van der Waals surface area contributed by atoms with E-state index in [-0.39, 0.29) is 30.1 Å². The Balaban J connectivity index is 1.83. The molecule has 1 aromatic carbocycles. The van der Waals surface area contributed by atoms with E-state index < -0.39 is 12.8 Å². The Morgan fingerprint density at radius 3 is 2.54 bits per heavy atom. The lowest BCUT2D eigenvalue weighted by molar-refractivity contribution is -0.153. The lowest BCUT2D eigenvalue weighted by atomic mass is 9.97. The van der Waals surface area contributed by atoms with Gasteiger partial charge in [0, 0.05) is 6.04 Å². The third-order valence-corrected chi connectivity index (χ3v) is 4.53. The lowest BCUT2D eigenvalue weighted by Gasteiger charge is -2.21. The van der Waals surface area contributed by atoms with Crippen molar-refractivity contribution < 1.29 is 27.4 Å². The second kappa shape index (κ2) is 9.69. The van der Waals surface area contributed by atoms with Crippen LogP contribution in [0.4, 0.5) is 13.2 Å². The molecule has 4 nitrogen and oxygen atoms in total. The summed E-state index contributed by atoms with van der Waals surface area (Å²) in [5.41, 5.74) is 0. The molecule has 1 aromatic rings. The van der Waals surface area contributed by atoms with Crippen LogP contribution in [-0.2, 0) is 4.79 Å². The van der Waals surface area contributed by atoms with Crippen molar-refractivity contribution in [2.45, 2.75) is 57.7 Å². The van der Waals surface area contributed by atoms with Crippen molar-refractivity contribution in [2.24, 2.45) is 5.92 Å². The van der Waals surface area contributed by atoms with Crippen LogP contribution < -0.4 is 14.8 Å². The maximum atomic E-state index is 12.3. The van der Waals surface area contributed by atoms with Crippen LogP contribution in [-0.4, -0.2) is 31.3 Å². The average molecular weight is 373 g/mol. The number of halogens is 3. The first kappa shape index (κ1) is 20.4. The van der Waals surface area contributed by atoms with Gasteiger partial charge in [0.25, 0.3) is 5.91 Å². The van der Waals surface area contributed by atoms with Crippen molar-refractivity contribution in [2.75, 3.05) is 13.2 Å². The van der Waals surface area contributed by atoms with E-state index in [0.717, 1.165) is 38.5 Å². The molecule has 0 aromatic heterocycles. The molecule has 0 spiro atoms. The van der Waals surface area contributed by atoms with Gasteiger partial charge in [0.1, 0.15) is 0 Å². The number of nitrogens with one attached hydrogen (secondary N) is 1. The second-order valence-corrected chi connectivity index (χ2v) is 6.65. The molecule has 1 aliphatic carbocycles. The highest BCUT2D eigenvalue weighted by molar-refractivity contribution is 5.78. The molecule has 2 atom stereocenters. The van der Waals surface area contributed by atoms with Gasteiger partial charge in [-0.2, -0.15) is 13.2 Å². The third-order valence-electron chi connectivity index (χ3n) is 4.53. The Labute approximate surface area is 152 Å². The number of hydrogen-bond donors (Lipinski definition) is 1. The summed E-state index contributed by atoms with van der Waals surface area (Å²) in [4.78, 5) is 12.2. The van der Waals surface area contributed by atoms with Gasteiger partial charge in [0.05, 0.1) is 0 Å². The minimum absolute atomic E-state index is 0.0284. The number of alkyl halides is 3. The first-order chi connectivity index (χ1) is 12.4. The van der Waals surface area contributed by atoms with Crippen LogP contribution in [0.15, 0.2) is 24.3 Å². The number of ether oxygens (including phenoxy) is 2. The van der Waals surface area contributed by atoms with Crippen molar-refractivity contribution in [3.8, 4) is 11.5 Å². The number of amides is 1. The molecule has 0 saturated heterocycles. The van der Waals surface area contributed by atoms with E-state index in [2.05, 4.69) is 12.2 Å².